The zero-order valence-corrected chi connectivity index (χ0v) is 16.6. The molecule has 1 fully saturated rings. The summed E-state index contributed by atoms with van der Waals surface area (Å²) in [6.45, 7) is 2.18. The predicted molar refractivity (Wildman–Crippen MR) is 107 cm³/mol. The van der Waals surface area contributed by atoms with Crippen molar-refractivity contribution < 1.29 is 24.0 Å². The third-order valence-corrected chi connectivity index (χ3v) is 4.49. The predicted octanol–water partition coefficient (Wildman–Crippen LogP) is 3.42. The zero-order chi connectivity index (χ0) is 21.1. The van der Waals surface area contributed by atoms with Crippen LogP contribution in [0.1, 0.15) is 12.5 Å². The third-order valence-electron chi connectivity index (χ3n) is 3.99. The Morgan fingerprint density at radius 3 is 2.48 bits per heavy atom. The van der Waals surface area contributed by atoms with Gasteiger partial charge in [0.15, 0.2) is 0 Å². The second-order valence-corrected chi connectivity index (χ2v) is 6.76. The number of hydrogen-bond donors (Lipinski definition) is 1. The number of non-ortho nitro benzene ring substituents is 1. The van der Waals surface area contributed by atoms with E-state index in [-0.39, 0.29) is 16.9 Å². The summed E-state index contributed by atoms with van der Waals surface area (Å²) in [5, 5.41) is 12.9. The Kier molecular flexibility index (Phi) is 5.74. The number of benzene rings is 2. The molecule has 2 aromatic carbocycles. The molecule has 1 saturated heterocycles. The minimum Gasteiger partial charge on any atom is -0.493 e. The number of nitrogens with one attached hydrogen (secondary N) is 1. The second kappa shape index (κ2) is 8.23. The average Bonchev–Trinajstić information content (AvgIpc) is 2.67. The maximum atomic E-state index is 12.9. The highest BCUT2D eigenvalue weighted by Gasteiger charge is 2.37. The number of nitrogens with zero attached hydrogens (tertiary/aromatic N) is 2. The van der Waals surface area contributed by atoms with Gasteiger partial charge in [0.1, 0.15) is 11.3 Å². The number of carbonyl (C=O) groups is 3. The summed E-state index contributed by atoms with van der Waals surface area (Å²) in [7, 11) is 0. The molecule has 3 rings (SSSR count). The van der Waals surface area contributed by atoms with Gasteiger partial charge in [0.25, 0.3) is 17.5 Å². The molecule has 10 heteroatoms. The zero-order valence-electron chi connectivity index (χ0n) is 15.0. The number of ether oxygens (including phenoxy) is 1. The first-order valence-electron chi connectivity index (χ1n) is 8.40. The van der Waals surface area contributed by atoms with Crippen molar-refractivity contribution in [1.82, 2.24) is 5.32 Å². The molecule has 0 atom stereocenters. The molecule has 0 saturated carbocycles. The quantitative estimate of drug-likeness (QED) is 0.316. The van der Waals surface area contributed by atoms with Gasteiger partial charge in [-0.1, -0.05) is 15.9 Å². The first kappa shape index (κ1) is 20.2. The first-order valence-corrected chi connectivity index (χ1v) is 9.19. The number of amides is 4. The number of hydrogen-bond acceptors (Lipinski definition) is 6. The molecule has 0 aliphatic carbocycles. The van der Waals surface area contributed by atoms with Crippen molar-refractivity contribution in [2.24, 2.45) is 0 Å². The van der Waals surface area contributed by atoms with Gasteiger partial charge in [0.05, 0.1) is 17.2 Å². The number of nitro benzene ring substituents is 1. The van der Waals surface area contributed by atoms with E-state index in [4.69, 9.17) is 4.74 Å². The van der Waals surface area contributed by atoms with E-state index in [2.05, 4.69) is 21.2 Å². The second-order valence-electron chi connectivity index (χ2n) is 5.85. The van der Waals surface area contributed by atoms with E-state index in [0.29, 0.717) is 22.4 Å². The van der Waals surface area contributed by atoms with Crippen molar-refractivity contribution in [2.75, 3.05) is 11.5 Å². The number of barbiturate groups is 1. The number of imide groups is 2. The number of nitro groups is 1. The van der Waals surface area contributed by atoms with E-state index in [1.54, 1.807) is 25.1 Å². The summed E-state index contributed by atoms with van der Waals surface area (Å²) < 4.78 is 6.23. The smallest absolute Gasteiger partial charge is 0.335 e. The van der Waals surface area contributed by atoms with Crippen LogP contribution in [0.25, 0.3) is 6.08 Å². The maximum absolute atomic E-state index is 12.9. The fourth-order valence-corrected chi connectivity index (χ4v) is 3.07. The summed E-state index contributed by atoms with van der Waals surface area (Å²) in [6, 6.07) is 9.01. The lowest BCUT2D eigenvalue weighted by Crippen LogP contribution is -2.54. The molecular weight excluding hydrogens is 446 g/mol. The summed E-state index contributed by atoms with van der Waals surface area (Å²) in [5.41, 5.74) is 0.0939. The van der Waals surface area contributed by atoms with Crippen molar-refractivity contribution in [3.8, 4) is 5.75 Å². The Hall–Kier alpha value is -3.53. The van der Waals surface area contributed by atoms with Gasteiger partial charge in [-0.25, -0.2) is 9.69 Å². The molecule has 4 amide bonds. The largest absolute Gasteiger partial charge is 0.493 e. The van der Waals surface area contributed by atoms with Crippen LogP contribution in [0, 0.1) is 10.1 Å². The maximum Gasteiger partial charge on any atom is 0.335 e. The molecule has 0 spiro atoms. The van der Waals surface area contributed by atoms with E-state index in [9.17, 15) is 24.5 Å². The molecule has 0 unspecified atom stereocenters. The van der Waals surface area contributed by atoms with Crippen LogP contribution in [0.3, 0.4) is 0 Å². The standard InChI is InChI=1S/C19H14BrN3O6/c1-2-29-16-8-3-12(20)9-11(16)10-15-17(24)21-19(26)22(18(15)25)13-4-6-14(7-5-13)23(27)28/h3-10H,2H2,1H3,(H,21,24,26)/b15-10-. The van der Waals surface area contributed by atoms with Crippen LogP contribution >= 0.6 is 15.9 Å². The Bertz CT molecular complexity index is 1050. The van der Waals surface area contributed by atoms with Crippen LogP contribution < -0.4 is 15.0 Å². The number of halogens is 1. The minimum atomic E-state index is -0.940. The molecule has 1 aliphatic rings. The van der Waals surface area contributed by atoms with E-state index < -0.39 is 22.8 Å². The van der Waals surface area contributed by atoms with Gasteiger partial charge in [0, 0.05) is 22.2 Å². The molecule has 0 bridgehead atoms. The number of carbonyl (C=O) groups excluding carboxylic acids is 3. The van der Waals surface area contributed by atoms with Crippen LogP contribution in [0.5, 0.6) is 5.75 Å². The van der Waals surface area contributed by atoms with Crippen molar-refractivity contribution in [3.05, 3.63) is 68.2 Å². The highest BCUT2D eigenvalue weighted by atomic mass is 79.9. The van der Waals surface area contributed by atoms with Crippen molar-refractivity contribution in [2.45, 2.75) is 6.92 Å². The average molecular weight is 460 g/mol. The van der Waals surface area contributed by atoms with Gasteiger partial charge in [-0.3, -0.25) is 25.0 Å². The molecule has 1 aliphatic heterocycles. The van der Waals surface area contributed by atoms with Gasteiger partial charge >= 0.3 is 6.03 Å². The summed E-state index contributed by atoms with van der Waals surface area (Å²) >= 11 is 3.33. The number of anilines is 1. The van der Waals surface area contributed by atoms with Gasteiger partial charge < -0.3 is 4.74 Å². The Balaban J connectivity index is 2.02. The highest BCUT2D eigenvalue weighted by molar-refractivity contribution is 9.10. The van der Waals surface area contributed by atoms with Crippen molar-refractivity contribution in [1.29, 1.82) is 0 Å². The van der Waals surface area contributed by atoms with Crippen LogP contribution in [0.15, 0.2) is 52.5 Å². The monoisotopic (exact) mass is 459 g/mol. The molecule has 1 N–H and O–H groups in total. The fourth-order valence-electron chi connectivity index (χ4n) is 2.69. The highest BCUT2D eigenvalue weighted by Crippen LogP contribution is 2.28. The van der Waals surface area contributed by atoms with Crippen molar-refractivity contribution >= 4 is 51.2 Å². The summed E-state index contributed by atoms with van der Waals surface area (Å²) in [4.78, 5) is 48.4. The van der Waals surface area contributed by atoms with Gasteiger partial charge in [-0.2, -0.15) is 0 Å². The van der Waals surface area contributed by atoms with Crippen LogP contribution in [-0.4, -0.2) is 29.4 Å². The lowest BCUT2D eigenvalue weighted by atomic mass is 10.1. The fraction of sp³-hybridized carbons (Fsp3) is 0.105. The van der Waals surface area contributed by atoms with Crippen molar-refractivity contribution in [3.63, 3.8) is 0 Å². The van der Waals surface area contributed by atoms with E-state index in [1.165, 1.54) is 18.2 Å². The first-order chi connectivity index (χ1) is 13.8. The van der Waals surface area contributed by atoms with Crippen LogP contribution in [0.4, 0.5) is 16.2 Å². The molecule has 2 aromatic rings. The lowest BCUT2D eigenvalue weighted by molar-refractivity contribution is -0.384. The number of urea groups is 1. The molecule has 0 aromatic heterocycles. The molecule has 0 radical (unpaired) electrons. The molecule has 29 heavy (non-hydrogen) atoms. The summed E-state index contributed by atoms with van der Waals surface area (Å²) in [6.07, 6.45) is 1.33. The Morgan fingerprint density at radius 1 is 1.17 bits per heavy atom. The SMILES string of the molecule is CCOc1ccc(Br)cc1/C=C1/C(=O)NC(=O)N(c2ccc([N+](=O)[O-])cc2)C1=O. The number of rotatable bonds is 5. The van der Waals surface area contributed by atoms with E-state index in [1.807, 2.05) is 0 Å². The molecular formula is C19H14BrN3O6. The topological polar surface area (TPSA) is 119 Å². The third kappa shape index (κ3) is 4.16. The minimum absolute atomic E-state index is 0.0933. The van der Waals surface area contributed by atoms with E-state index >= 15 is 0 Å². The Labute approximate surface area is 173 Å². The lowest BCUT2D eigenvalue weighted by Gasteiger charge is -2.26. The van der Waals surface area contributed by atoms with Gasteiger partial charge in [-0.05, 0) is 43.3 Å². The van der Waals surface area contributed by atoms with Crippen LogP contribution in [-0.2, 0) is 9.59 Å². The molecule has 1 heterocycles. The normalized spacial score (nSPS) is 15.4. The Morgan fingerprint density at radius 2 is 1.86 bits per heavy atom. The van der Waals surface area contributed by atoms with Gasteiger partial charge in [0.2, 0.25) is 0 Å². The van der Waals surface area contributed by atoms with Crippen LogP contribution in [0.2, 0.25) is 0 Å². The van der Waals surface area contributed by atoms with Gasteiger partial charge in [-0.15, -0.1) is 0 Å². The molecule has 9 nitrogen and oxygen atoms in total. The van der Waals surface area contributed by atoms with E-state index in [0.717, 1.165) is 17.0 Å². The molecule has 148 valence electrons. The summed E-state index contributed by atoms with van der Waals surface area (Å²) in [5.74, 6) is -1.24.